The second kappa shape index (κ2) is 10.3. The highest BCUT2D eigenvalue weighted by Gasteiger charge is 2.16. The van der Waals surface area contributed by atoms with Crippen molar-refractivity contribution in [2.24, 2.45) is 0 Å². The Morgan fingerprint density at radius 3 is 2.12 bits per heavy atom. The molecule has 0 spiro atoms. The lowest BCUT2D eigenvalue weighted by molar-refractivity contribution is -0.919. The summed E-state index contributed by atoms with van der Waals surface area (Å²) >= 11 is 3.52. The normalized spacial score (nSPS) is 11.0. The first-order valence-electron chi connectivity index (χ1n) is 8.98. The van der Waals surface area contributed by atoms with Crippen molar-refractivity contribution >= 4 is 28.6 Å². The summed E-state index contributed by atoms with van der Waals surface area (Å²) in [5.74, 6) is 0.140. The Labute approximate surface area is 163 Å². The lowest BCUT2D eigenvalue weighted by Gasteiger charge is -2.18. The minimum Gasteiger partial charge on any atom is -0.351 e. The van der Waals surface area contributed by atoms with Crippen LogP contribution in [-0.2, 0) is 24.3 Å². The average Bonchev–Trinajstić information content (AvgIpc) is 3.34. The molecule has 0 radical (unpaired) electrons. The number of thiophene rings is 2. The molecule has 0 bridgehead atoms. The number of nitrogens with one attached hydrogen (secondary N) is 2. The topological polar surface area (TPSA) is 33.5 Å². The summed E-state index contributed by atoms with van der Waals surface area (Å²) in [5, 5.41) is 7.29. The van der Waals surface area contributed by atoms with Crippen LogP contribution in [0.5, 0.6) is 0 Å². The maximum atomic E-state index is 12.4. The smallest absolute Gasteiger partial charge is 0.275 e. The van der Waals surface area contributed by atoms with Crippen LogP contribution in [0.2, 0.25) is 0 Å². The van der Waals surface area contributed by atoms with Crippen molar-refractivity contribution in [1.82, 2.24) is 5.32 Å². The van der Waals surface area contributed by atoms with Crippen molar-refractivity contribution in [2.75, 3.05) is 13.1 Å². The molecule has 0 aliphatic carbocycles. The molecular weight excluding hydrogens is 360 g/mol. The van der Waals surface area contributed by atoms with Gasteiger partial charge in [0.05, 0.1) is 9.75 Å². The van der Waals surface area contributed by atoms with Crippen molar-refractivity contribution < 1.29 is 9.69 Å². The molecule has 2 aromatic heterocycles. The molecule has 3 aromatic rings. The number of rotatable bonds is 10. The van der Waals surface area contributed by atoms with Crippen LogP contribution in [0, 0.1) is 0 Å². The van der Waals surface area contributed by atoms with Crippen molar-refractivity contribution in [1.29, 1.82) is 0 Å². The molecule has 26 heavy (non-hydrogen) atoms. The Bertz CT molecular complexity index is 718. The lowest BCUT2D eigenvalue weighted by atomic mass is 10.1. The Morgan fingerprint density at radius 1 is 0.885 bits per heavy atom. The molecule has 2 heterocycles. The molecule has 0 aliphatic heterocycles. The molecular formula is C21H25N2OS2+. The highest BCUT2D eigenvalue weighted by molar-refractivity contribution is 7.10. The van der Waals surface area contributed by atoms with Gasteiger partial charge in [-0.2, -0.15) is 0 Å². The summed E-state index contributed by atoms with van der Waals surface area (Å²) in [5.41, 5.74) is 1.32. The summed E-state index contributed by atoms with van der Waals surface area (Å²) < 4.78 is 0. The molecule has 0 aliphatic rings. The zero-order valence-electron chi connectivity index (χ0n) is 14.8. The van der Waals surface area contributed by atoms with E-state index in [0.29, 0.717) is 6.54 Å². The SMILES string of the molecule is O=C(C[NH+](Cc1cccs1)Cc1cccs1)NCCCc1ccccc1. The van der Waals surface area contributed by atoms with E-state index in [-0.39, 0.29) is 5.91 Å². The van der Waals surface area contributed by atoms with Crippen LogP contribution in [0.1, 0.15) is 21.7 Å². The number of benzene rings is 1. The van der Waals surface area contributed by atoms with Gasteiger partial charge < -0.3 is 10.2 Å². The van der Waals surface area contributed by atoms with E-state index in [1.165, 1.54) is 20.2 Å². The van der Waals surface area contributed by atoms with E-state index in [1.807, 2.05) is 6.07 Å². The van der Waals surface area contributed by atoms with Crippen molar-refractivity contribution in [2.45, 2.75) is 25.9 Å². The van der Waals surface area contributed by atoms with Gasteiger partial charge in [0, 0.05) is 6.54 Å². The maximum absolute atomic E-state index is 12.4. The van der Waals surface area contributed by atoms with E-state index < -0.39 is 0 Å². The summed E-state index contributed by atoms with van der Waals surface area (Å²) in [6, 6.07) is 18.9. The molecule has 136 valence electrons. The summed E-state index contributed by atoms with van der Waals surface area (Å²) in [6.07, 6.45) is 1.98. The monoisotopic (exact) mass is 385 g/mol. The standard InChI is InChI=1S/C21H24N2OS2/c24-21(22-12-4-9-18-7-2-1-3-8-18)17-23(15-19-10-5-13-25-19)16-20-11-6-14-26-20/h1-3,5-8,10-11,13-14H,4,9,12,15-17H2,(H,22,24)/p+1. The third-order valence-electron chi connectivity index (χ3n) is 4.23. The molecule has 1 amide bonds. The van der Waals surface area contributed by atoms with Gasteiger partial charge in [0.1, 0.15) is 13.1 Å². The van der Waals surface area contributed by atoms with Crippen LogP contribution in [0.3, 0.4) is 0 Å². The second-order valence-corrected chi connectivity index (χ2v) is 8.44. The van der Waals surface area contributed by atoms with Crippen LogP contribution < -0.4 is 10.2 Å². The predicted octanol–water partition coefficient (Wildman–Crippen LogP) is 3.14. The molecule has 0 unspecified atom stereocenters. The van der Waals surface area contributed by atoms with E-state index in [4.69, 9.17) is 0 Å². The summed E-state index contributed by atoms with van der Waals surface area (Å²) in [4.78, 5) is 16.3. The highest BCUT2D eigenvalue weighted by Crippen LogP contribution is 2.08. The molecule has 0 atom stereocenters. The minimum atomic E-state index is 0.140. The van der Waals surface area contributed by atoms with Crippen molar-refractivity contribution in [3.05, 3.63) is 80.7 Å². The van der Waals surface area contributed by atoms with Crippen molar-refractivity contribution in [3.8, 4) is 0 Å². The number of hydrogen-bond acceptors (Lipinski definition) is 3. The number of hydrogen-bond donors (Lipinski definition) is 2. The van der Waals surface area contributed by atoms with E-state index >= 15 is 0 Å². The van der Waals surface area contributed by atoms with Gasteiger partial charge in [-0.25, -0.2) is 0 Å². The number of carbonyl (C=O) groups excluding carboxylic acids is 1. The van der Waals surface area contributed by atoms with Crippen LogP contribution in [0.4, 0.5) is 0 Å². The van der Waals surface area contributed by atoms with Crippen LogP contribution in [0.15, 0.2) is 65.4 Å². The number of aryl methyl sites for hydroxylation is 1. The van der Waals surface area contributed by atoms with Gasteiger partial charge in [-0.15, -0.1) is 22.7 Å². The molecule has 3 rings (SSSR count). The Balaban J connectivity index is 1.45. The number of quaternary nitrogens is 1. The summed E-state index contributed by atoms with van der Waals surface area (Å²) in [7, 11) is 0. The fourth-order valence-corrected chi connectivity index (χ4v) is 4.51. The Morgan fingerprint density at radius 2 is 1.54 bits per heavy atom. The average molecular weight is 386 g/mol. The van der Waals surface area contributed by atoms with E-state index in [9.17, 15) is 4.79 Å². The van der Waals surface area contributed by atoms with E-state index in [0.717, 1.165) is 32.5 Å². The first kappa shape index (κ1) is 18.8. The molecule has 5 heteroatoms. The fourth-order valence-electron chi connectivity index (χ4n) is 2.96. The third-order valence-corrected chi connectivity index (χ3v) is 5.98. The summed E-state index contributed by atoms with van der Waals surface area (Å²) in [6.45, 7) is 3.04. The van der Waals surface area contributed by atoms with E-state index in [2.05, 4.69) is 64.6 Å². The zero-order chi connectivity index (χ0) is 18.0. The predicted molar refractivity (Wildman–Crippen MR) is 110 cm³/mol. The minimum absolute atomic E-state index is 0.140. The second-order valence-electron chi connectivity index (χ2n) is 6.38. The fraction of sp³-hybridized carbons (Fsp3) is 0.286. The molecule has 1 aromatic carbocycles. The first-order valence-corrected chi connectivity index (χ1v) is 10.7. The van der Waals surface area contributed by atoms with Gasteiger partial charge in [-0.05, 0) is 41.3 Å². The maximum Gasteiger partial charge on any atom is 0.275 e. The lowest BCUT2D eigenvalue weighted by Crippen LogP contribution is -3.10. The van der Waals surface area contributed by atoms with Crippen molar-refractivity contribution in [3.63, 3.8) is 0 Å². The molecule has 3 nitrogen and oxygen atoms in total. The van der Waals surface area contributed by atoms with Gasteiger partial charge in [0.2, 0.25) is 0 Å². The van der Waals surface area contributed by atoms with E-state index in [1.54, 1.807) is 22.7 Å². The molecule has 0 fully saturated rings. The highest BCUT2D eigenvalue weighted by atomic mass is 32.1. The number of amides is 1. The molecule has 2 N–H and O–H groups in total. The molecule has 0 saturated carbocycles. The van der Waals surface area contributed by atoms with Gasteiger partial charge in [0.25, 0.3) is 5.91 Å². The number of carbonyl (C=O) groups is 1. The Kier molecular flexibility index (Phi) is 7.43. The largest absolute Gasteiger partial charge is 0.351 e. The Hall–Kier alpha value is -1.95. The van der Waals surface area contributed by atoms with Gasteiger partial charge in [-0.3, -0.25) is 4.79 Å². The van der Waals surface area contributed by atoms with Gasteiger partial charge in [-0.1, -0.05) is 42.5 Å². The quantitative estimate of drug-likeness (QED) is 0.517. The van der Waals surface area contributed by atoms with Gasteiger partial charge in [0.15, 0.2) is 6.54 Å². The third kappa shape index (κ3) is 6.41. The van der Waals surface area contributed by atoms with Gasteiger partial charge >= 0.3 is 0 Å². The first-order chi connectivity index (χ1) is 12.8. The van der Waals surface area contributed by atoms with Crippen LogP contribution >= 0.6 is 22.7 Å². The van der Waals surface area contributed by atoms with Crippen LogP contribution in [0.25, 0.3) is 0 Å². The zero-order valence-corrected chi connectivity index (χ0v) is 16.5. The molecule has 0 saturated heterocycles. The van der Waals surface area contributed by atoms with Crippen LogP contribution in [-0.4, -0.2) is 19.0 Å².